The van der Waals surface area contributed by atoms with Crippen LogP contribution in [0.5, 0.6) is 0 Å². The standard InChI is InChI=1S/C8H12N4OS/c1-12(5-2-3-5)8-10-6(4-14-8)7(9)11-13/h4-5,13H,2-3H2,1H3,(H2,9,11). The van der Waals surface area contributed by atoms with E-state index in [1.54, 1.807) is 5.38 Å². The molecule has 0 amide bonds. The largest absolute Gasteiger partial charge is 0.409 e. The van der Waals surface area contributed by atoms with E-state index in [1.165, 1.54) is 24.2 Å². The third kappa shape index (κ3) is 1.65. The SMILES string of the molecule is CN(c1nc(/C(N)=N\O)cs1)C1CC1. The van der Waals surface area contributed by atoms with Crippen LogP contribution in [0.2, 0.25) is 0 Å². The number of anilines is 1. The first kappa shape index (κ1) is 9.26. The Morgan fingerprint density at radius 1 is 1.79 bits per heavy atom. The van der Waals surface area contributed by atoms with Crippen molar-refractivity contribution in [3.05, 3.63) is 11.1 Å². The zero-order valence-electron chi connectivity index (χ0n) is 7.84. The number of rotatable bonds is 3. The Balaban J connectivity index is 2.16. The molecule has 0 bridgehead atoms. The Bertz CT molecular complexity index is 358. The second-order valence-electron chi connectivity index (χ2n) is 3.34. The van der Waals surface area contributed by atoms with Gasteiger partial charge < -0.3 is 15.8 Å². The third-order valence-corrected chi connectivity index (χ3v) is 3.19. The van der Waals surface area contributed by atoms with Gasteiger partial charge in [0, 0.05) is 18.5 Å². The molecule has 1 aromatic heterocycles. The fourth-order valence-electron chi connectivity index (χ4n) is 1.21. The van der Waals surface area contributed by atoms with E-state index in [-0.39, 0.29) is 5.84 Å². The summed E-state index contributed by atoms with van der Waals surface area (Å²) in [5.74, 6) is 0.0664. The van der Waals surface area contributed by atoms with Gasteiger partial charge in [-0.1, -0.05) is 5.16 Å². The first-order chi connectivity index (χ1) is 6.72. The lowest BCUT2D eigenvalue weighted by Crippen LogP contribution is -2.20. The molecule has 3 N–H and O–H groups in total. The normalized spacial score (nSPS) is 17.1. The molecule has 0 spiro atoms. The van der Waals surface area contributed by atoms with Gasteiger partial charge in [0.2, 0.25) is 0 Å². The molecule has 0 atom stereocenters. The van der Waals surface area contributed by atoms with Crippen molar-refractivity contribution in [1.82, 2.24) is 4.98 Å². The van der Waals surface area contributed by atoms with Crippen LogP contribution >= 0.6 is 11.3 Å². The molecule has 2 rings (SSSR count). The molecule has 76 valence electrons. The van der Waals surface area contributed by atoms with Gasteiger partial charge in [-0.25, -0.2) is 4.98 Å². The molecule has 1 heterocycles. The predicted molar refractivity (Wildman–Crippen MR) is 56.0 cm³/mol. The van der Waals surface area contributed by atoms with Crippen LogP contribution in [-0.4, -0.2) is 29.1 Å². The van der Waals surface area contributed by atoms with Gasteiger partial charge in [0.25, 0.3) is 0 Å². The van der Waals surface area contributed by atoms with Crippen LogP contribution in [0.4, 0.5) is 5.13 Å². The number of hydrogen-bond acceptors (Lipinski definition) is 5. The summed E-state index contributed by atoms with van der Waals surface area (Å²) in [6, 6.07) is 0.626. The molecule has 1 aliphatic rings. The van der Waals surface area contributed by atoms with Gasteiger partial charge in [-0.15, -0.1) is 11.3 Å². The van der Waals surface area contributed by atoms with Crippen LogP contribution in [0.15, 0.2) is 10.5 Å². The number of nitrogens with two attached hydrogens (primary N) is 1. The Kier molecular flexibility index (Phi) is 2.28. The monoisotopic (exact) mass is 212 g/mol. The summed E-state index contributed by atoms with van der Waals surface area (Å²) in [7, 11) is 2.02. The maximum Gasteiger partial charge on any atom is 0.189 e. The van der Waals surface area contributed by atoms with E-state index in [1.807, 2.05) is 7.05 Å². The maximum atomic E-state index is 8.47. The van der Waals surface area contributed by atoms with Crippen molar-refractivity contribution in [1.29, 1.82) is 0 Å². The topological polar surface area (TPSA) is 74.7 Å². The number of oxime groups is 1. The molecular weight excluding hydrogens is 200 g/mol. The van der Waals surface area contributed by atoms with E-state index in [4.69, 9.17) is 10.9 Å². The molecule has 14 heavy (non-hydrogen) atoms. The minimum Gasteiger partial charge on any atom is -0.409 e. The molecule has 0 radical (unpaired) electrons. The molecule has 0 unspecified atom stereocenters. The molecule has 1 aromatic rings. The second kappa shape index (κ2) is 3.45. The van der Waals surface area contributed by atoms with Crippen molar-refractivity contribution in [2.75, 3.05) is 11.9 Å². The van der Waals surface area contributed by atoms with Gasteiger partial charge in [-0.05, 0) is 12.8 Å². The zero-order chi connectivity index (χ0) is 10.1. The highest BCUT2D eigenvalue weighted by Crippen LogP contribution is 2.31. The molecular formula is C8H12N4OS. The van der Waals surface area contributed by atoms with Gasteiger partial charge in [-0.2, -0.15) is 0 Å². The Morgan fingerprint density at radius 2 is 2.50 bits per heavy atom. The van der Waals surface area contributed by atoms with E-state index in [9.17, 15) is 0 Å². The van der Waals surface area contributed by atoms with Gasteiger partial charge in [0.1, 0.15) is 5.69 Å². The summed E-state index contributed by atoms with van der Waals surface area (Å²) in [5.41, 5.74) is 5.97. The smallest absolute Gasteiger partial charge is 0.189 e. The summed E-state index contributed by atoms with van der Waals surface area (Å²) in [6.07, 6.45) is 2.46. The van der Waals surface area contributed by atoms with Gasteiger partial charge >= 0.3 is 0 Å². The second-order valence-corrected chi connectivity index (χ2v) is 4.18. The average Bonchev–Trinajstić information content (AvgIpc) is 2.93. The highest BCUT2D eigenvalue weighted by atomic mass is 32.1. The number of thiazole rings is 1. The summed E-state index contributed by atoms with van der Waals surface area (Å²) in [5, 5.41) is 14.1. The summed E-state index contributed by atoms with van der Waals surface area (Å²) in [6.45, 7) is 0. The Morgan fingerprint density at radius 3 is 3.07 bits per heavy atom. The molecule has 1 saturated carbocycles. The maximum absolute atomic E-state index is 8.47. The van der Waals surface area contributed by atoms with E-state index in [2.05, 4.69) is 15.0 Å². The van der Waals surface area contributed by atoms with Crippen molar-refractivity contribution < 1.29 is 5.21 Å². The fraction of sp³-hybridized carbons (Fsp3) is 0.500. The molecule has 0 aliphatic heterocycles. The zero-order valence-corrected chi connectivity index (χ0v) is 8.66. The predicted octanol–water partition coefficient (Wildman–Crippen LogP) is 0.836. The summed E-state index contributed by atoms with van der Waals surface area (Å²) >= 11 is 1.51. The van der Waals surface area contributed by atoms with Crippen LogP contribution in [-0.2, 0) is 0 Å². The van der Waals surface area contributed by atoms with Crippen molar-refractivity contribution in [3.63, 3.8) is 0 Å². The number of amidine groups is 1. The van der Waals surface area contributed by atoms with Gasteiger partial charge in [0.15, 0.2) is 11.0 Å². The number of hydrogen-bond donors (Lipinski definition) is 2. The molecule has 5 nitrogen and oxygen atoms in total. The third-order valence-electron chi connectivity index (χ3n) is 2.26. The molecule has 1 aliphatic carbocycles. The minimum atomic E-state index is 0.0664. The lowest BCUT2D eigenvalue weighted by molar-refractivity contribution is 0.318. The van der Waals surface area contributed by atoms with E-state index in [0.29, 0.717) is 11.7 Å². The fourth-order valence-corrected chi connectivity index (χ4v) is 2.07. The van der Waals surface area contributed by atoms with E-state index >= 15 is 0 Å². The Labute approximate surface area is 85.9 Å². The molecule has 6 heteroatoms. The molecule has 0 aromatic carbocycles. The quantitative estimate of drug-likeness (QED) is 0.337. The van der Waals surface area contributed by atoms with Crippen LogP contribution in [0.25, 0.3) is 0 Å². The van der Waals surface area contributed by atoms with Crippen molar-refractivity contribution in [3.8, 4) is 0 Å². The summed E-state index contributed by atoms with van der Waals surface area (Å²) in [4.78, 5) is 6.41. The lowest BCUT2D eigenvalue weighted by Gasteiger charge is -2.13. The average molecular weight is 212 g/mol. The van der Waals surface area contributed by atoms with Crippen LogP contribution < -0.4 is 10.6 Å². The minimum absolute atomic E-state index is 0.0664. The van der Waals surface area contributed by atoms with Crippen molar-refractivity contribution in [2.24, 2.45) is 10.9 Å². The van der Waals surface area contributed by atoms with Crippen molar-refractivity contribution in [2.45, 2.75) is 18.9 Å². The highest BCUT2D eigenvalue weighted by molar-refractivity contribution is 7.13. The van der Waals surface area contributed by atoms with Crippen LogP contribution in [0.1, 0.15) is 18.5 Å². The first-order valence-electron chi connectivity index (χ1n) is 4.38. The molecule has 1 fully saturated rings. The van der Waals surface area contributed by atoms with Gasteiger partial charge in [0.05, 0.1) is 0 Å². The summed E-state index contributed by atoms with van der Waals surface area (Å²) < 4.78 is 0. The highest BCUT2D eigenvalue weighted by Gasteiger charge is 2.28. The lowest BCUT2D eigenvalue weighted by atomic mass is 10.5. The van der Waals surface area contributed by atoms with Crippen molar-refractivity contribution >= 4 is 22.3 Å². The number of nitrogens with zero attached hydrogens (tertiary/aromatic N) is 3. The van der Waals surface area contributed by atoms with Crippen LogP contribution in [0.3, 0.4) is 0 Å². The number of aromatic nitrogens is 1. The van der Waals surface area contributed by atoms with E-state index in [0.717, 1.165) is 5.13 Å². The van der Waals surface area contributed by atoms with Gasteiger partial charge in [-0.3, -0.25) is 0 Å². The van der Waals surface area contributed by atoms with Crippen LogP contribution in [0, 0.1) is 0 Å². The molecule has 0 saturated heterocycles. The first-order valence-corrected chi connectivity index (χ1v) is 5.26. The Hall–Kier alpha value is -1.30. The van der Waals surface area contributed by atoms with E-state index < -0.39 is 0 Å².